The Labute approximate surface area is 125 Å². The minimum Gasteiger partial charge on any atom is -0.462 e. The minimum absolute atomic E-state index is 0.0645. The lowest BCUT2D eigenvalue weighted by molar-refractivity contribution is -0.184. The van der Waals surface area contributed by atoms with Crippen LogP contribution in [-0.2, 0) is 19.0 Å². The Hall–Kier alpha value is -1.91. The molecular formula is C17H20O4. The summed E-state index contributed by atoms with van der Waals surface area (Å²) < 4.78 is 16.3. The van der Waals surface area contributed by atoms with Crippen LogP contribution in [0.15, 0.2) is 48.6 Å². The Morgan fingerprint density at radius 1 is 1.33 bits per heavy atom. The van der Waals surface area contributed by atoms with Gasteiger partial charge in [-0.3, -0.25) is 0 Å². The molecule has 0 aromatic heterocycles. The molecule has 4 heteroatoms. The van der Waals surface area contributed by atoms with E-state index in [0.29, 0.717) is 25.4 Å². The van der Waals surface area contributed by atoms with Crippen LogP contribution in [0.5, 0.6) is 0 Å². The molecule has 0 bridgehead atoms. The topological polar surface area (TPSA) is 44.8 Å². The highest BCUT2D eigenvalue weighted by molar-refractivity contribution is 5.86. The average molecular weight is 288 g/mol. The van der Waals surface area contributed by atoms with E-state index < -0.39 is 0 Å². The largest absolute Gasteiger partial charge is 0.462 e. The number of carbonyl (C=O) groups excluding carboxylic acids is 1. The van der Waals surface area contributed by atoms with Crippen molar-refractivity contribution in [2.75, 3.05) is 19.8 Å². The Balaban J connectivity index is 1.72. The summed E-state index contributed by atoms with van der Waals surface area (Å²) in [6.07, 6.45) is 3.50. The van der Waals surface area contributed by atoms with Gasteiger partial charge in [-0.1, -0.05) is 43.0 Å². The molecule has 4 nitrogen and oxygen atoms in total. The molecule has 0 spiro atoms. The van der Waals surface area contributed by atoms with Crippen LogP contribution in [0.3, 0.4) is 0 Å². The SMILES string of the molecule is C=C(C)C(=O)OCC1COC(C=Cc2ccccc2)OC1. The zero-order valence-corrected chi connectivity index (χ0v) is 12.2. The highest BCUT2D eigenvalue weighted by Crippen LogP contribution is 2.14. The molecule has 0 amide bonds. The van der Waals surface area contributed by atoms with Crippen molar-refractivity contribution in [1.82, 2.24) is 0 Å². The van der Waals surface area contributed by atoms with E-state index in [1.807, 2.05) is 42.5 Å². The van der Waals surface area contributed by atoms with E-state index in [1.165, 1.54) is 0 Å². The van der Waals surface area contributed by atoms with Gasteiger partial charge in [0.1, 0.15) is 0 Å². The maximum Gasteiger partial charge on any atom is 0.333 e. The Kier molecular flexibility index (Phi) is 5.72. The molecule has 1 saturated heterocycles. The summed E-state index contributed by atoms with van der Waals surface area (Å²) in [6, 6.07) is 9.96. The number of hydrogen-bond acceptors (Lipinski definition) is 4. The zero-order valence-electron chi connectivity index (χ0n) is 12.2. The van der Waals surface area contributed by atoms with Crippen molar-refractivity contribution in [3.05, 3.63) is 54.1 Å². The Bertz CT molecular complexity index is 499. The highest BCUT2D eigenvalue weighted by atomic mass is 16.7. The van der Waals surface area contributed by atoms with E-state index in [2.05, 4.69) is 6.58 Å². The van der Waals surface area contributed by atoms with Crippen LogP contribution < -0.4 is 0 Å². The molecule has 0 aliphatic carbocycles. The van der Waals surface area contributed by atoms with Gasteiger partial charge in [-0.25, -0.2) is 4.79 Å². The summed E-state index contributed by atoms with van der Waals surface area (Å²) in [4.78, 5) is 11.3. The Morgan fingerprint density at radius 2 is 2.00 bits per heavy atom. The monoisotopic (exact) mass is 288 g/mol. The molecule has 112 valence electrons. The van der Waals surface area contributed by atoms with Crippen LogP contribution in [0, 0.1) is 5.92 Å². The second-order valence-electron chi connectivity index (χ2n) is 5.05. The van der Waals surface area contributed by atoms with Crippen molar-refractivity contribution >= 4 is 12.0 Å². The molecule has 0 saturated carbocycles. The van der Waals surface area contributed by atoms with Crippen molar-refractivity contribution in [3.8, 4) is 0 Å². The fraction of sp³-hybridized carbons (Fsp3) is 0.353. The van der Waals surface area contributed by atoms with E-state index in [4.69, 9.17) is 14.2 Å². The van der Waals surface area contributed by atoms with Gasteiger partial charge < -0.3 is 14.2 Å². The quantitative estimate of drug-likeness (QED) is 0.617. The molecule has 1 aromatic carbocycles. The van der Waals surface area contributed by atoms with Gasteiger partial charge in [-0.05, 0) is 18.6 Å². The summed E-state index contributed by atoms with van der Waals surface area (Å²) in [7, 11) is 0. The molecule has 1 heterocycles. The zero-order chi connectivity index (χ0) is 15.1. The van der Waals surface area contributed by atoms with E-state index in [-0.39, 0.29) is 18.2 Å². The van der Waals surface area contributed by atoms with E-state index in [9.17, 15) is 4.79 Å². The van der Waals surface area contributed by atoms with Crippen LogP contribution in [0.25, 0.3) is 6.08 Å². The molecule has 0 radical (unpaired) electrons. The summed E-state index contributed by atoms with van der Waals surface area (Å²) in [5, 5.41) is 0. The summed E-state index contributed by atoms with van der Waals surface area (Å²) in [5.41, 5.74) is 1.50. The molecule has 1 fully saturated rings. The molecule has 2 rings (SSSR count). The normalized spacial score (nSPS) is 22.1. The lowest BCUT2D eigenvalue weighted by Crippen LogP contribution is -2.34. The van der Waals surface area contributed by atoms with Crippen molar-refractivity contribution in [1.29, 1.82) is 0 Å². The van der Waals surface area contributed by atoms with E-state index in [1.54, 1.807) is 6.92 Å². The number of benzene rings is 1. The van der Waals surface area contributed by atoms with E-state index >= 15 is 0 Å². The molecule has 0 unspecified atom stereocenters. The fourth-order valence-electron chi connectivity index (χ4n) is 1.84. The third-order valence-corrected chi connectivity index (χ3v) is 3.04. The third-order valence-electron chi connectivity index (χ3n) is 3.04. The number of rotatable bonds is 5. The van der Waals surface area contributed by atoms with Gasteiger partial charge in [0.25, 0.3) is 0 Å². The first-order valence-electron chi connectivity index (χ1n) is 6.94. The maximum atomic E-state index is 11.3. The second kappa shape index (κ2) is 7.76. The minimum atomic E-state index is -0.374. The van der Waals surface area contributed by atoms with Crippen LogP contribution in [0.1, 0.15) is 12.5 Å². The molecule has 1 aliphatic heterocycles. The van der Waals surface area contributed by atoms with Crippen LogP contribution in [0.2, 0.25) is 0 Å². The summed E-state index contributed by atoms with van der Waals surface area (Å²) in [6.45, 7) is 6.47. The number of hydrogen-bond donors (Lipinski definition) is 0. The first kappa shape index (κ1) is 15.5. The predicted molar refractivity (Wildman–Crippen MR) is 80.4 cm³/mol. The summed E-state index contributed by atoms with van der Waals surface area (Å²) in [5.74, 6) is -0.309. The van der Waals surface area contributed by atoms with Gasteiger partial charge >= 0.3 is 5.97 Å². The summed E-state index contributed by atoms with van der Waals surface area (Å²) >= 11 is 0. The van der Waals surface area contributed by atoms with E-state index in [0.717, 1.165) is 5.56 Å². The maximum absolute atomic E-state index is 11.3. The molecule has 21 heavy (non-hydrogen) atoms. The fourth-order valence-corrected chi connectivity index (χ4v) is 1.84. The standard InChI is InChI=1S/C17H20O4/c1-13(2)17(18)21-12-15-10-19-16(20-11-15)9-8-14-6-4-3-5-7-14/h3-9,15-16H,1,10-12H2,2H3. The lowest BCUT2D eigenvalue weighted by atomic mass is 10.2. The average Bonchev–Trinajstić information content (AvgIpc) is 2.52. The first-order chi connectivity index (χ1) is 10.1. The van der Waals surface area contributed by atoms with Crippen LogP contribution >= 0.6 is 0 Å². The number of carbonyl (C=O) groups is 1. The third kappa shape index (κ3) is 5.17. The van der Waals surface area contributed by atoms with Crippen LogP contribution in [-0.4, -0.2) is 32.1 Å². The predicted octanol–water partition coefficient (Wildman–Crippen LogP) is 2.81. The Morgan fingerprint density at radius 3 is 2.62 bits per heavy atom. The van der Waals surface area contributed by atoms with Gasteiger partial charge in [0.05, 0.1) is 19.8 Å². The second-order valence-corrected chi connectivity index (χ2v) is 5.05. The van der Waals surface area contributed by atoms with Crippen LogP contribution in [0.4, 0.5) is 0 Å². The van der Waals surface area contributed by atoms with Gasteiger partial charge in [-0.2, -0.15) is 0 Å². The van der Waals surface area contributed by atoms with Gasteiger partial charge in [0.2, 0.25) is 0 Å². The van der Waals surface area contributed by atoms with Crippen molar-refractivity contribution in [2.24, 2.45) is 5.92 Å². The highest BCUT2D eigenvalue weighted by Gasteiger charge is 2.21. The van der Waals surface area contributed by atoms with Crippen molar-refractivity contribution < 1.29 is 19.0 Å². The lowest BCUT2D eigenvalue weighted by Gasteiger charge is -2.27. The van der Waals surface area contributed by atoms with Crippen molar-refractivity contribution in [3.63, 3.8) is 0 Å². The number of esters is 1. The molecule has 0 N–H and O–H groups in total. The molecular weight excluding hydrogens is 268 g/mol. The first-order valence-corrected chi connectivity index (χ1v) is 6.94. The number of ether oxygens (including phenoxy) is 3. The molecule has 0 atom stereocenters. The molecule has 1 aliphatic rings. The van der Waals surface area contributed by atoms with Gasteiger partial charge in [-0.15, -0.1) is 0 Å². The van der Waals surface area contributed by atoms with Gasteiger partial charge in [0.15, 0.2) is 6.29 Å². The smallest absolute Gasteiger partial charge is 0.333 e. The van der Waals surface area contributed by atoms with Gasteiger partial charge in [0, 0.05) is 11.5 Å². The molecule has 1 aromatic rings. The van der Waals surface area contributed by atoms with Crippen molar-refractivity contribution in [2.45, 2.75) is 13.2 Å².